The molecule has 5 rings (SSSR count). The molecule has 3 N–H and O–H groups in total. The number of aromatic nitrogens is 3. The summed E-state index contributed by atoms with van der Waals surface area (Å²) < 4.78 is 8.98. The minimum Gasteiger partial charge on any atom is -0.465 e. The van der Waals surface area contributed by atoms with Crippen LogP contribution in [0.2, 0.25) is 0 Å². The second-order valence-corrected chi connectivity index (χ2v) is 8.31. The van der Waals surface area contributed by atoms with E-state index in [1.807, 2.05) is 0 Å². The van der Waals surface area contributed by atoms with Crippen molar-refractivity contribution in [3.05, 3.63) is 76.8 Å². The maximum absolute atomic E-state index is 13.7. The Hall–Kier alpha value is -4.78. The van der Waals surface area contributed by atoms with E-state index in [0.29, 0.717) is 53.2 Å². The second kappa shape index (κ2) is 8.87. The summed E-state index contributed by atoms with van der Waals surface area (Å²) in [6.07, 6.45) is 1.90. The monoisotopic (exact) mass is 470 g/mol. The third kappa shape index (κ3) is 4.04. The molecule has 0 saturated carbocycles. The number of imidazole rings is 1. The van der Waals surface area contributed by atoms with Gasteiger partial charge in [-0.1, -0.05) is 0 Å². The predicted molar refractivity (Wildman–Crippen MR) is 129 cm³/mol. The highest BCUT2D eigenvalue weighted by atomic mass is 16.5. The van der Waals surface area contributed by atoms with E-state index in [1.165, 1.54) is 9.47 Å². The highest BCUT2D eigenvalue weighted by Crippen LogP contribution is 2.29. The standard InChI is InChI=1S/C25H22N6O4/c26-14-16-3-7-19(8-4-16)35-20-9-5-17(6-10-20)31-22-21(11-12-28-23(22)27)30(24(31)32)18-2-1-13-29(15-18)25(33)34/h3-12,18H,1-2,13,15H2,(H2,27,28)(H,33,34)/t18-/m1/s1. The fraction of sp³-hybridized carbons (Fsp3) is 0.200. The van der Waals surface area contributed by atoms with Crippen LogP contribution >= 0.6 is 0 Å². The van der Waals surface area contributed by atoms with Crippen molar-refractivity contribution in [2.24, 2.45) is 0 Å². The molecule has 3 heterocycles. The van der Waals surface area contributed by atoms with Gasteiger partial charge in [-0.25, -0.2) is 14.6 Å². The summed E-state index contributed by atoms with van der Waals surface area (Å²) in [7, 11) is 0. The lowest BCUT2D eigenvalue weighted by Gasteiger charge is -2.31. The first-order valence-corrected chi connectivity index (χ1v) is 11.1. The molecule has 1 fully saturated rings. The number of nitrogen functional groups attached to an aromatic ring is 1. The van der Waals surface area contributed by atoms with E-state index in [4.69, 9.17) is 15.7 Å². The largest absolute Gasteiger partial charge is 0.465 e. The van der Waals surface area contributed by atoms with E-state index in [9.17, 15) is 14.7 Å². The summed E-state index contributed by atoms with van der Waals surface area (Å²) >= 11 is 0. The number of pyridine rings is 1. The third-order valence-corrected chi connectivity index (χ3v) is 6.16. The highest BCUT2D eigenvalue weighted by molar-refractivity contribution is 5.87. The molecule has 2 aromatic carbocycles. The molecule has 0 unspecified atom stereocenters. The molecule has 4 aromatic rings. The first-order valence-electron chi connectivity index (χ1n) is 11.1. The van der Waals surface area contributed by atoms with Crippen LogP contribution in [0.3, 0.4) is 0 Å². The second-order valence-electron chi connectivity index (χ2n) is 8.31. The number of nitriles is 1. The van der Waals surface area contributed by atoms with E-state index >= 15 is 0 Å². The van der Waals surface area contributed by atoms with E-state index in [0.717, 1.165) is 0 Å². The molecule has 1 atom stereocenters. The Morgan fingerprint density at radius 3 is 2.46 bits per heavy atom. The smallest absolute Gasteiger partial charge is 0.407 e. The van der Waals surface area contributed by atoms with Crippen LogP contribution in [0.1, 0.15) is 24.4 Å². The Labute approximate surface area is 200 Å². The number of fused-ring (bicyclic) bond motifs is 1. The van der Waals surface area contributed by atoms with Crippen LogP contribution in [-0.4, -0.2) is 43.3 Å². The molecular weight excluding hydrogens is 448 g/mol. The average Bonchev–Trinajstić information content (AvgIpc) is 3.18. The average molecular weight is 470 g/mol. The number of nitrogens with zero attached hydrogens (tertiary/aromatic N) is 5. The van der Waals surface area contributed by atoms with Gasteiger partial charge in [0.25, 0.3) is 0 Å². The third-order valence-electron chi connectivity index (χ3n) is 6.16. The number of carboxylic acid groups (broad SMARTS) is 1. The Morgan fingerprint density at radius 1 is 1.11 bits per heavy atom. The fourth-order valence-electron chi connectivity index (χ4n) is 4.52. The number of hydrogen-bond acceptors (Lipinski definition) is 6. The van der Waals surface area contributed by atoms with Crippen molar-refractivity contribution >= 4 is 22.9 Å². The minimum atomic E-state index is -0.995. The van der Waals surface area contributed by atoms with Gasteiger partial charge in [0.15, 0.2) is 0 Å². The van der Waals surface area contributed by atoms with Gasteiger partial charge in [0.1, 0.15) is 22.8 Å². The van der Waals surface area contributed by atoms with Gasteiger partial charge >= 0.3 is 11.8 Å². The lowest BCUT2D eigenvalue weighted by molar-refractivity contribution is 0.121. The fourth-order valence-corrected chi connectivity index (χ4v) is 4.52. The zero-order valence-electron chi connectivity index (χ0n) is 18.7. The zero-order valence-corrected chi connectivity index (χ0v) is 18.7. The number of anilines is 1. The van der Waals surface area contributed by atoms with E-state index in [1.54, 1.807) is 65.4 Å². The van der Waals surface area contributed by atoms with Crippen molar-refractivity contribution in [3.8, 4) is 23.3 Å². The summed E-state index contributed by atoms with van der Waals surface area (Å²) in [5, 5.41) is 18.4. The first-order chi connectivity index (χ1) is 17.0. The molecule has 2 aromatic heterocycles. The number of benzene rings is 2. The van der Waals surface area contributed by atoms with E-state index in [-0.39, 0.29) is 24.1 Å². The summed E-state index contributed by atoms with van der Waals surface area (Å²) in [6, 6.07) is 17.2. The molecule has 1 amide bonds. The van der Waals surface area contributed by atoms with E-state index < -0.39 is 6.09 Å². The molecule has 1 aliphatic rings. The maximum Gasteiger partial charge on any atom is 0.407 e. The van der Waals surface area contributed by atoms with Gasteiger partial charge in [-0.2, -0.15) is 5.26 Å². The van der Waals surface area contributed by atoms with Crippen LogP contribution in [0, 0.1) is 11.3 Å². The van der Waals surface area contributed by atoms with Gasteiger partial charge in [-0.05, 0) is 67.4 Å². The van der Waals surface area contributed by atoms with Crippen molar-refractivity contribution in [3.63, 3.8) is 0 Å². The van der Waals surface area contributed by atoms with Gasteiger partial charge in [0.05, 0.1) is 28.9 Å². The van der Waals surface area contributed by atoms with Gasteiger partial charge in [-0.15, -0.1) is 0 Å². The molecule has 1 saturated heterocycles. The normalized spacial score (nSPS) is 15.6. The number of piperidine rings is 1. The van der Waals surface area contributed by atoms with Crippen molar-refractivity contribution in [2.45, 2.75) is 18.9 Å². The van der Waals surface area contributed by atoms with Gasteiger partial charge < -0.3 is 20.5 Å². The summed E-state index contributed by atoms with van der Waals surface area (Å²) in [4.78, 5) is 30.7. The quantitative estimate of drug-likeness (QED) is 0.463. The molecular formula is C25H22N6O4. The van der Waals surface area contributed by atoms with Crippen molar-refractivity contribution < 1.29 is 14.6 Å². The zero-order chi connectivity index (χ0) is 24.5. The van der Waals surface area contributed by atoms with Crippen molar-refractivity contribution in [1.82, 2.24) is 19.0 Å². The Morgan fingerprint density at radius 2 is 1.80 bits per heavy atom. The van der Waals surface area contributed by atoms with Crippen LogP contribution in [0.25, 0.3) is 16.7 Å². The number of rotatable bonds is 4. The van der Waals surface area contributed by atoms with Crippen LogP contribution in [0.15, 0.2) is 65.6 Å². The molecule has 176 valence electrons. The Balaban J connectivity index is 1.53. The SMILES string of the molecule is N#Cc1ccc(Oc2ccc(-n3c(=O)n([C@@H]4CCCN(C(=O)O)C4)c4ccnc(N)c43)cc2)cc1. The van der Waals surface area contributed by atoms with Gasteiger partial charge in [0, 0.05) is 19.3 Å². The molecule has 0 radical (unpaired) electrons. The molecule has 10 nitrogen and oxygen atoms in total. The van der Waals surface area contributed by atoms with E-state index in [2.05, 4.69) is 11.1 Å². The molecule has 1 aliphatic heterocycles. The van der Waals surface area contributed by atoms with Crippen molar-refractivity contribution in [1.29, 1.82) is 5.26 Å². The Bertz CT molecular complexity index is 1500. The van der Waals surface area contributed by atoms with Crippen LogP contribution in [0.5, 0.6) is 11.5 Å². The number of hydrogen-bond donors (Lipinski definition) is 2. The van der Waals surface area contributed by atoms with Gasteiger partial charge in [-0.3, -0.25) is 9.13 Å². The highest BCUT2D eigenvalue weighted by Gasteiger charge is 2.29. The predicted octanol–water partition coefficient (Wildman–Crippen LogP) is 3.75. The number of carbonyl (C=O) groups is 1. The lowest BCUT2D eigenvalue weighted by atomic mass is 10.1. The van der Waals surface area contributed by atoms with Gasteiger partial charge in [0.2, 0.25) is 0 Å². The number of likely N-dealkylation sites (tertiary alicyclic amines) is 1. The summed E-state index contributed by atoms with van der Waals surface area (Å²) in [5.41, 5.74) is 8.10. The Kier molecular flexibility index (Phi) is 5.58. The molecule has 0 spiro atoms. The number of ether oxygens (including phenoxy) is 1. The molecule has 35 heavy (non-hydrogen) atoms. The molecule has 0 bridgehead atoms. The number of amides is 1. The number of nitrogens with two attached hydrogens (primary N) is 1. The van der Waals surface area contributed by atoms with Crippen molar-refractivity contribution in [2.75, 3.05) is 18.8 Å². The summed E-state index contributed by atoms with van der Waals surface area (Å²) in [6.45, 7) is 0.678. The minimum absolute atomic E-state index is 0.210. The van der Waals surface area contributed by atoms with Crippen LogP contribution in [-0.2, 0) is 0 Å². The van der Waals surface area contributed by atoms with Crippen LogP contribution < -0.4 is 16.2 Å². The molecule has 0 aliphatic carbocycles. The maximum atomic E-state index is 13.7. The topological polar surface area (TPSA) is 139 Å². The first kappa shape index (κ1) is 22.0. The summed E-state index contributed by atoms with van der Waals surface area (Å²) in [5.74, 6) is 1.35. The van der Waals surface area contributed by atoms with Crippen LogP contribution in [0.4, 0.5) is 10.6 Å². The molecule has 10 heteroatoms. The lowest BCUT2D eigenvalue weighted by Crippen LogP contribution is -2.42.